The van der Waals surface area contributed by atoms with Gasteiger partial charge < -0.3 is 0 Å². The Morgan fingerprint density at radius 2 is 1.60 bits per heavy atom. The number of hydrogen-bond donors (Lipinski definition) is 1. The van der Waals surface area contributed by atoms with Gasteiger partial charge >= 0.3 is 5.84 Å². The van der Waals surface area contributed by atoms with Crippen molar-refractivity contribution in [2.75, 3.05) is 0 Å². The lowest BCUT2D eigenvalue weighted by molar-refractivity contribution is -0.854. The van der Waals surface area contributed by atoms with Crippen LogP contribution in [0.15, 0.2) is 24.3 Å². The molecule has 0 spiro atoms. The van der Waals surface area contributed by atoms with Gasteiger partial charge in [-0.3, -0.25) is 0 Å². The Hall–Kier alpha value is -1.55. The third-order valence-electron chi connectivity index (χ3n) is 4.76. The molecule has 0 fully saturated rings. The van der Waals surface area contributed by atoms with E-state index in [4.69, 9.17) is 0 Å². The molecule has 1 N–H and O–H groups in total. The van der Waals surface area contributed by atoms with Crippen LogP contribution in [0.1, 0.15) is 58.6 Å². The molecule has 4 nitrogen and oxygen atoms in total. The Balaban J connectivity index is 2.49. The molecule has 1 aromatic carbocycles. The van der Waals surface area contributed by atoms with Gasteiger partial charge in [-0.15, -0.1) is 5.06 Å². The van der Waals surface area contributed by atoms with Crippen LogP contribution >= 0.6 is 0 Å². The van der Waals surface area contributed by atoms with Crippen molar-refractivity contribution in [1.82, 2.24) is 5.06 Å². The van der Waals surface area contributed by atoms with Crippen LogP contribution in [0.5, 0.6) is 0 Å². The summed E-state index contributed by atoms with van der Waals surface area (Å²) in [7, 11) is 0. The van der Waals surface area contributed by atoms with Gasteiger partial charge in [0.2, 0.25) is 0 Å². The van der Waals surface area contributed by atoms with Crippen molar-refractivity contribution in [3.05, 3.63) is 35.4 Å². The van der Waals surface area contributed by atoms with Gasteiger partial charge in [0.25, 0.3) is 0 Å². The van der Waals surface area contributed by atoms with E-state index in [2.05, 4.69) is 13.8 Å². The first-order valence-corrected chi connectivity index (χ1v) is 7.04. The molecule has 20 heavy (non-hydrogen) atoms. The largest absolute Gasteiger partial charge is 0.354 e. The number of rotatable bonds is 2. The standard InChI is InChI=1S/C16H24N2O2/c1-11(2)12-7-9-13(10-8-12)14-17(19)15(3,4)16(5,6)18(14)20/h7-11,19H,1-6H3/q+1. The summed E-state index contributed by atoms with van der Waals surface area (Å²) < 4.78 is 0.914. The average Bonchev–Trinajstić information content (AvgIpc) is 2.49. The monoisotopic (exact) mass is 276 g/mol. The van der Waals surface area contributed by atoms with Gasteiger partial charge in [0.1, 0.15) is 0 Å². The minimum absolute atomic E-state index is 0.315. The van der Waals surface area contributed by atoms with Crippen molar-refractivity contribution in [3.8, 4) is 0 Å². The van der Waals surface area contributed by atoms with Crippen molar-refractivity contribution in [2.24, 2.45) is 0 Å². The smallest absolute Gasteiger partial charge is 0.208 e. The SMILES string of the molecule is CC(C)c1ccc(C2=[N+]([O])C(C)(C)C(C)(C)N2O)cc1. The maximum atomic E-state index is 12.6. The molecule has 0 aliphatic carbocycles. The predicted molar refractivity (Wildman–Crippen MR) is 77.4 cm³/mol. The molecule has 1 radical (unpaired) electrons. The van der Waals surface area contributed by atoms with Gasteiger partial charge in [0.05, 0.1) is 5.56 Å². The first kappa shape index (κ1) is 14.9. The fourth-order valence-electron chi connectivity index (χ4n) is 2.38. The van der Waals surface area contributed by atoms with E-state index in [0.29, 0.717) is 11.8 Å². The van der Waals surface area contributed by atoms with Crippen molar-refractivity contribution < 1.29 is 15.2 Å². The van der Waals surface area contributed by atoms with Crippen molar-refractivity contribution in [1.29, 1.82) is 0 Å². The van der Waals surface area contributed by atoms with Crippen LogP contribution in [0.25, 0.3) is 0 Å². The molecule has 1 heterocycles. The molecule has 0 atom stereocenters. The van der Waals surface area contributed by atoms with Crippen LogP contribution in [-0.2, 0) is 5.21 Å². The zero-order valence-electron chi connectivity index (χ0n) is 13.1. The van der Waals surface area contributed by atoms with E-state index in [1.807, 2.05) is 52.0 Å². The van der Waals surface area contributed by atoms with E-state index in [-0.39, 0.29) is 0 Å². The summed E-state index contributed by atoms with van der Waals surface area (Å²) in [5.41, 5.74) is 0.604. The van der Waals surface area contributed by atoms with Crippen molar-refractivity contribution in [2.45, 2.75) is 58.5 Å². The second-order valence-electron chi connectivity index (χ2n) is 6.82. The molecule has 0 aromatic heterocycles. The van der Waals surface area contributed by atoms with E-state index in [1.54, 1.807) is 0 Å². The lowest BCUT2D eigenvalue weighted by Crippen LogP contribution is -2.53. The minimum atomic E-state index is -0.701. The Bertz CT molecular complexity index is 542. The third-order valence-corrected chi connectivity index (χ3v) is 4.76. The van der Waals surface area contributed by atoms with Crippen LogP contribution in [0.3, 0.4) is 0 Å². The summed E-state index contributed by atoms with van der Waals surface area (Å²) in [5.74, 6) is 0.759. The molecular weight excluding hydrogens is 252 g/mol. The number of hydrogen-bond acceptors (Lipinski definition) is 2. The summed E-state index contributed by atoms with van der Waals surface area (Å²) >= 11 is 0. The zero-order chi connectivity index (χ0) is 15.3. The number of hydroxylamine groups is 3. The predicted octanol–water partition coefficient (Wildman–Crippen LogP) is 3.18. The van der Waals surface area contributed by atoms with Gasteiger partial charge in [-0.05, 0) is 56.0 Å². The van der Waals surface area contributed by atoms with E-state index < -0.39 is 11.1 Å². The van der Waals surface area contributed by atoms with Gasteiger partial charge in [-0.25, -0.2) is 5.21 Å². The molecule has 1 aliphatic heterocycles. The van der Waals surface area contributed by atoms with E-state index in [9.17, 15) is 10.4 Å². The number of amidine groups is 1. The van der Waals surface area contributed by atoms with E-state index >= 15 is 0 Å². The minimum Gasteiger partial charge on any atom is -0.208 e. The first-order chi connectivity index (χ1) is 9.10. The molecule has 1 aromatic rings. The summed E-state index contributed by atoms with van der Waals surface area (Å²) in [5, 5.41) is 24.1. The molecule has 2 rings (SSSR count). The van der Waals surface area contributed by atoms with Crippen molar-refractivity contribution in [3.63, 3.8) is 0 Å². The molecule has 0 amide bonds. The first-order valence-electron chi connectivity index (χ1n) is 7.04. The number of nitrogens with zero attached hydrogens (tertiary/aromatic N) is 2. The molecule has 1 aliphatic rings. The molecular formula is C16H24N2O2+. The normalized spacial score (nSPS) is 20.9. The highest BCUT2D eigenvalue weighted by molar-refractivity contribution is 5.95. The van der Waals surface area contributed by atoms with E-state index in [1.165, 1.54) is 5.56 Å². The second-order valence-corrected chi connectivity index (χ2v) is 6.82. The van der Waals surface area contributed by atoms with Crippen LogP contribution in [0.4, 0.5) is 0 Å². The van der Waals surface area contributed by atoms with Gasteiger partial charge in [-0.1, -0.05) is 31.2 Å². The summed E-state index contributed by atoms with van der Waals surface area (Å²) in [6.45, 7) is 11.7. The molecule has 109 valence electrons. The highest BCUT2D eigenvalue weighted by atomic mass is 16.5. The summed E-state index contributed by atoms with van der Waals surface area (Å²) in [4.78, 5) is 0. The van der Waals surface area contributed by atoms with Crippen LogP contribution in [0, 0.1) is 0 Å². The zero-order valence-corrected chi connectivity index (χ0v) is 13.1. The van der Waals surface area contributed by atoms with Gasteiger partial charge in [-0.2, -0.15) is 0 Å². The summed E-state index contributed by atoms with van der Waals surface area (Å²) in [6, 6.07) is 7.81. The highest BCUT2D eigenvalue weighted by Crippen LogP contribution is 2.36. The maximum absolute atomic E-state index is 12.6. The Kier molecular flexibility index (Phi) is 3.33. The molecule has 0 unspecified atom stereocenters. The Morgan fingerprint density at radius 1 is 1.10 bits per heavy atom. The fourth-order valence-corrected chi connectivity index (χ4v) is 2.38. The van der Waals surface area contributed by atoms with Crippen LogP contribution in [-0.4, -0.2) is 31.9 Å². The molecule has 4 heteroatoms. The molecule has 0 saturated carbocycles. The molecule has 0 saturated heterocycles. The van der Waals surface area contributed by atoms with Crippen LogP contribution in [0.2, 0.25) is 0 Å². The second kappa shape index (κ2) is 4.48. The highest BCUT2D eigenvalue weighted by Gasteiger charge is 2.63. The maximum Gasteiger partial charge on any atom is 0.354 e. The van der Waals surface area contributed by atoms with Crippen molar-refractivity contribution >= 4 is 5.84 Å². The van der Waals surface area contributed by atoms with Gasteiger partial charge in [0.15, 0.2) is 11.1 Å². The van der Waals surface area contributed by atoms with Crippen LogP contribution < -0.4 is 0 Å². The fraction of sp³-hybridized carbons (Fsp3) is 0.562. The topological polar surface area (TPSA) is 46.4 Å². The average molecular weight is 276 g/mol. The Labute approximate surface area is 120 Å². The molecule has 0 bridgehead atoms. The van der Waals surface area contributed by atoms with Gasteiger partial charge in [0, 0.05) is 0 Å². The lowest BCUT2D eigenvalue weighted by Gasteiger charge is -2.29. The number of benzene rings is 1. The lowest BCUT2D eigenvalue weighted by atomic mass is 9.84. The Morgan fingerprint density at radius 3 is 1.95 bits per heavy atom. The summed E-state index contributed by atoms with van der Waals surface area (Å²) in [6.07, 6.45) is 0. The quantitative estimate of drug-likeness (QED) is 0.843. The van der Waals surface area contributed by atoms with E-state index in [0.717, 1.165) is 15.4 Å². The third kappa shape index (κ3) is 1.90.